The molecule has 0 spiro atoms. The van der Waals surface area contributed by atoms with Gasteiger partial charge in [0.1, 0.15) is 5.69 Å². The van der Waals surface area contributed by atoms with Crippen LogP contribution in [-0.4, -0.2) is 24.7 Å². The number of rotatable bonds is 1. The number of halogens is 1. The lowest BCUT2D eigenvalue weighted by atomic mass is 10.4. The van der Waals surface area contributed by atoms with Crippen LogP contribution in [-0.2, 0) is 6.61 Å². The fraction of sp³-hybridized carbons (Fsp3) is 0.167. The van der Waals surface area contributed by atoms with Gasteiger partial charge >= 0.3 is 5.69 Å². The Kier molecular flexibility index (Phi) is 2.33. The predicted molar refractivity (Wildman–Crippen MR) is 54.5 cm³/mol. The van der Waals surface area contributed by atoms with E-state index in [9.17, 15) is 4.79 Å². The molecule has 2 aromatic rings. The zero-order valence-electron chi connectivity index (χ0n) is 6.73. The fourth-order valence-electron chi connectivity index (χ4n) is 1.05. The second-order valence-corrected chi connectivity index (χ2v) is 3.74. The number of aromatic nitrogens is 4. The van der Waals surface area contributed by atoms with Gasteiger partial charge in [0.2, 0.25) is 0 Å². The number of aliphatic hydroxyl groups is 1. The van der Waals surface area contributed by atoms with Crippen molar-refractivity contribution in [2.24, 2.45) is 0 Å². The van der Waals surface area contributed by atoms with Gasteiger partial charge in [-0.15, -0.1) is 12.6 Å². The van der Waals surface area contributed by atoms with Gasteiger partial charge in [-0.2, -0.15) is 9.61 Å². The SMILES string of the molecule is O=c1[nH]c(S)nc2c(Br)c(CO)nn12. The van der Waals surface area contributed by atoms with Gasteiger partial charge in [0.15, 0.2) is 10.8 Å². The molecule has 6 nitrogen and oxygen atoms in total. The number of nitrogens with one attached hydrogen (secondary N) is 1. The van der Waals surface area contributed by atoms with Crippen molar-refractivity contribution < 1.29 is 5.11 Å². The van der Waals surface area contributed by atoms with Crippen LogP contribution in [0.2, 0.25) is 0 Å². The molecule has 0 saturated carbocycles. The highest BCUT2D eigenvalue weighted by Crippen LogP contribution is 2.19. The molecular formula is C6H5BrN4O2S. The highest BCUT2D eigenvalue weighted by molar-refractivity contribution is 9.10. The summed E-state index contributed by atoms with van der Waals surface area (Å²) in [7, 11) is 0. The molecule has 0 unspecified atom stereocenters. The second-order valence-electron chi connectivity index (χ2n) is 2.52. The Morgan fingerprint density at radius 2 is 2.36 bits per heavy atom. The summed E-state index contributed by atoms with van der Waals surface area (Å²) in [6.07, 6.45) is 0. The van der Waals surface area contributed by atoms with E-state index in [0.29, 0.717) is 15.8 Å². The third kappa shape index (κ3) is 1.35. The first-order chi connectivity index (χ1) is 6.63. The Balaban J connectivity index is 2.92. The lowest BCUT2D eigenvalue weighted by Crippen LogP contribution is -2.18. The van der Waals surface area contributed by atoms with E-state index in [1.807, 2.05) is 0 Å². The van der Waals surface area contributed by atoms with Crippen LogP contribution < -0.4 is 5.69 Å². The van der Waals surface area contributed by atoms with E-state index in [-0.39, 0.29) is 11.8 Å². The molecule has 0 atom stereocenters. The first kappa shape index (κ1) is 9.69. The van der Waals surface area contributed by atoms with Crippen molar-refractivity contribution in [2.75, 3.05) is 0 Å². The summed E-state index contributed by atoms with van der Waals surface area (Å²) in [4.78, 5) is 17.7. The second kappa shape index (κ2) is 3.37. The van der Waals surface area contributed by atoms with E-state index in [2.05, 4.69) is 43.6 Å². The van der Waals surface area contributed by atoms with Crippen molar-refractivity contribution >= 4 is 34.2 Å². The van der Waals surface area contributed by atoms with Gasteiger partial charge < -0.3 is 5.11 Å². The average Bonchev–Trinajstić information content (AvgIpc) is 2.44. The minimum Gasteiger partial charge on any atom is -0.390 e. The summed E-state index contributed by atoms with van der Waals surface area (Å²) in [5.41, 5.74) is 0.255. The monoisotopic (exact) mass is 276 g/mol. The summed E-state index contributed by atoms with van der Waals surface area (Å²) in [5.74, 6) is 0. The molecule has 2 N–H and O–H groups in total. The van der Waals surface area contributed by atoms with Crippen molar-refractivity contribution in [1.82, 2.24) is 19.6 Å². The average molecular weight is 277 g/mol. The number of H-pyrrole nitrogens is 1. The Morgan fingerprint density at radius 3 is 3.00 bits per heavy atom. The highest BCUT2D eigenvalue weighted by Gasteiger charge is 2.12. The lowest BCUT2D eigenvalue weighted by Gasteiger charge is -1.92. The Bertz CT molecular complexity index is 548. The molecule has 2 rings (SSSR count). The first-order valence-corrected chi connectivity index (χ1v) is 4.84. The molecule has 0 aliphatic heterocycles. The third-order valence-corrected chi connectivity index (χ3v) is 2.67. The Labute approximate surface area is 91.5 Å². The number of hydrogen-bond donors (Lipinski definition) is 3. The van der Waals surface area contributed by atoms with Crippen LogP contribution in [0, 0.1) is 0 Å². The summed E-state index contributed by atoms with van der Waals surface area (Å²) in [6, 6.07) is 0. The molecule has 0 bridgehead atoms. The lowest BCUT2D eigenvalue weighted by molar-refractivity contribution is 0.275. The molecule has 74 valence electrons. The van der Waals surface area contributed by atoms with E-state index >= 15 is 0 Å². The molecule has 2 heterocycles. The quantitative estimate of drug-likeness (QED) is 0.639. The molecule has 0 aliphatic rings. The normalized spacial score (nSPS) is 11.1. The number of aliphatic hydroxyl groups excluding tert-OH is 1. The predicted octanol–water partition coefficient (Wildman–Crippen LogP) is -0.0389. The maximum Gasteiger partial charge on any atom is 0.350 e. The van der Waals surface area contributed by atoms with E-state index in [1.54, 1.807) is 0 Å². The van der Waals surface area contributed by atoms with E-state index in [1.165, 1.54) is 0 Å². The fourth-order valence-corrected chi connectivity index (χ4v) is 1.70. The largest absolute Gasteiger partial charge is 0.390 e. The van der Waals surface area contributed by atoms with Crippen molar-refractivity contribution in [1.29, 1.82) is 0 Å². The molecule has 0 amide bonds. The molecule has 0 aromatic carbocycles. The zero-order valence-corrected chi connectivity index (χ0v) is 9.21. The van der Waals surface area contributed by atoms with Gasteiger partial charge in [-0.3, -0.25) is 4.98 Å². The van der Waals surface area contributed by atoms with Crippen LogP contribution >= 0.6 is 28.6 Å². The van der Waals surface area contributed by atoms with Crippen LogP contribution in [0.5, 0.6) is 0 Å². The molecule has 8 heteroatoms. The number of fused-ring (bicyclic) bond motifs is 1. The molecule has 0 aliphatic carbocycles. The maximum absolute atomic E-state index is 11.3. The van der Waals surface area contributed by atoms with Gasteiger partial charge in [-0.25, -0.2) is 9.78 Å². The minimum atomic E-state index is -0.444. The minimum absolute atomic E-state index is 0.201. The van der Waals surface area contributed by atoms with Gasteiger partial charge in [-0.1, -0.05) is 0 Å². The molecule has 2 aromatic heterocycles. The highest BCUT2D eigenvalue weighted by atomic mass is 79.9. The van der Waals surface area contributed by atoms with Crippen LogP contribution in [0.3, 0.4) is 0 Å². The Hall–Kier alpha value is -0.860. The topological polar surface area (TPSA) is 83.3 Å². The third-order valence-electron chi connectivity index (χ3n) is 1.64. The number of hydrogen-bond acceptors (Lipinski definition) is 5. The van der Waals surface area contributed by atoms with Gasteiger partial charge in [0.05, 0.1) is 11.1 Å². The summed E-state index contributed by atoms with van der Waals surface area (Å²) in [5, 5.41) is 13.0. The van der Waals surface area contributed by atoms with Crippen LogP contribution in [0.4, 0.5) is 0 Å². The molecule has 0 fully saturated rings. The molecule has 14 heavy (non-hydrogen) atoms. The zero-order chi connectivity index (χ0) is 10.3. The van der Waals surface area contributed by atoms with E-state index in [0.717, 1.165) is 4.52 Å². The smallest absolute Gasteiger partial charge is 0.350 e. The van der Waals surface area contributed by atoms with Gasteiger partial charge in [0, 0.05) is 0 Å². The number of thiol groups is 1. The maximum atomic E-state index is 11.3. The summed E-state index contributed by atoms with van der Waals surface area (Å²) < 4.78 is 1.57. The molecule has 0 radical (unpaired) electrons. The van der Waals surface area contributed by atoms with Crippen molar-refractivity contribution in [2.45, 2.75) is 11.8 Å². The van der Waals surface area contributed by atoms with E-state index in [4.69, 9.17) is 5.11 Å². The van der Waals surface area contributed by atoms with Crippen molar-refractivity contribution in [3.63, 3.8) is 0 Å². The van der Waals surface area contributed by atoms with Gasteiger partial charge in [-0.05, 0) is 15.9 Å². The van der Waals surface area contributed by atoms with Crippen molar-refractivity contribution in [3.8, 4) is 0 Å². The van der Waals surface area contributed by atoms with Crippen LogP contribution in [0.15, 0.2) is 14.4 Å². The molecule has 0 saturated heterocycles. The molecular weight excluding hydrogens is 272 g/mol. The van der Waals surface area contributed by atoms with E-state index < -0.39 is 5.69 Å². The number of nitrogens with zero attached hydrogens (tertiary/aromatic N) is 3. The summed E-state index contributed by atoms with van der Waals surface area (Å²) >= 11 is 7.11. The standard InChI is InChI=1S/C6H5BrN4O2S/c7-3-2(1-12)10-11-4(3)8-5(14)9-6(11)13/h12H,1H2,(H2,8,9,13,14). The van der Waals surface area contributed by atoms with Gasteiger partial charge in [0.25, 0.3) is 0 Å². The van der Waals surface area contributed by atoms with Crippen LogP contribution in [0.1, 0.15) is 5.69 Å². The Morgan fingerprint density at radius 1 is 1.64 bits per heavy atom. The van der Waals surface area contributed by atoms with Crippen LogP contribution in [0.25, 0.3) is 5.65 Å². The van der Waals surface area contributed by atoms with Crippen molar-refractivity contribution in [3.05, 3.63) is 20.7 Å². The summed E-state index contributed by atoms with van der Waals surface area (Å²) in [6.45, 7) is -0.259. The first-order valence-electron chi connectivity index (χ1n) is 3.60. The number of aromatic amines is 1.